The van der Waals surface area contributed by atoms with Crippen LogP contribution in [0.4, 0.5) is 5.69 Å². The molecule has 0 radical (unpaired) electrons. The predicted octanol–water partition coefficient (Wildman–Crippen LogP) is 3.57. The number of rotatable bonds is 4. The second-order valence-corrected chi connectivity index (χ2v) is 4.90. The van der Waals surface area contributed by atoms with Crippen molar-refractivity contribution in [3.8, 4) is 11.5 Å². The quantitative estimate of drug-likeness (QED) is 0.529. The van der Waals surface area contributed by atoms with Gasteiger partial charge in [0.05, 0.1) is 18.4 Å². The Bertz CT molecular complexity index is 611. The maximum atomic E-state index is 11.5. The number of hydrogen-bond donors (Lipinski definition) is 1. The van der Waals surface area contributed by atoms with Crippen LogP contribution in [0.3, 0.4) is 0 Å². The summed E-state index contributed by atoms with van der Waals surface area (Å²) in [5.74, 6) is 0.675. The van der Waals surface area contributed by atoms with Crippen LogP contribution in [0, 0.1) is 0 Å². The van der Waals surface area contributed by atoms with Crippen LogP contribution in [0.1, 0.15) is 10.4 Å². The van der Waals surface area contributed by atoms with E-state index in [9.17, 15) is 4.79 Å². The molecule has 20 heavy (non-hydrogen) atoms. The summed E-state index contributed by atoms with van der Waals surface area (Å²) in [6.45, 7) is 0. The van der Waals surface area contributed by atoms with Gasteiger partial charge >= 0.3 is 5.97 Å². The molecule has 0 amide bonds. The molecule has 104 valence electrons. The number of anilines is 1. The molecule has 0 atom stereocenters. The van der Waals surface area contributed by atoms with E-state index in [1.807, 2.05) is 30.5 Å². The average molecular weight is 289 g/mol. The van der Waals surface area contributed by atoms with Crippen LogP contribution in [0.25, 0.3) is 0 Å². The van der Waals surface area contributed by atoms with Crippen LogP contribution >= 0.6 is 11.8 Å². The van der Waals surface area contributed by atoms with Gasteiger partial charge in [0, 0.05) is 4.90 Å². The second kappa shape index (κ2) is 6.34. The van der Waals surface area contributed by atoms with Gasteiger partial charge in [-0.25, -0.2) is 4.79 Å². The molecule has 0 spiro atoms. The summed E-state index contributed by atoms with van der Waals surface area (Å²) in [5.41, 5.74) is 6.72. The highest BCUT2D eigenvalue weighted by molar-refractivity contribution is 7.98. The molecule has 2 rings (SSSR count). The van der Waals surface area contributed by atoms with E-state index >= 15 is 0 Å². The summed E-state index contributed by atoms with van der Waals surface area (Å²) >= 11 is 1.65. The summed E-state index contributed by atoms with van der Waals surface area (Å²) in [7, 11) is 1.33. The van der Waals surface area contributed by atoms with Gasteiger partial charge in [0.25, 0.3) is 0 Å². The minimum absolute atomic E-state index is 0.400. The lowest BCUT2D eigenvalue weighted by Crippen LogP contribution is -2.02. The number of ether oxygens (including phenoxy) is 2. The van der Waals surface area contributed by atoms with Crippen molar-refractivity contribution in [2.24, 2.45) is 0 Å². The van der Waals surface area contributed by atoms with Crippen molar-refractivity contribution in [2.45, 2.75) is 4.90 Å². The van der Waals surface area contributed by atoms with Crippen LogP contribution in [-0.4, -0.2) is 19.3 Å². The summed E-state index contributed by atoms with van der Waals surface area (Å²) in [6, 6.07) is 12.4. The number of esters is 1. The topological polar surface area (TPSA) is 61.5 Å². The lowest BCUT2D eigenvalue weighted by atomic mass is 10.2. The molecule has 5 heteroatoms. The highest BCUT2D eigenvalue weighted by Crippen LogP contribution is 2.29. The fraction of sp³-hybridized carbons (Fsp3) is 0.133. The van der Waals surface area contributed by atoms with E-state index < -0.39 is 5.97 Å². The molecule has 0 aromatic heterocycles. The Hall–Kier alpha value is -2.14. The maximum absolute atomic E-state index is 11.5. The molecule has 0 bridgehead atoms. The van der Waals surface area contributed by atoms with Crippen molar-refractivity contribution in [3.63, 3.8) is 0 Å². The van der Waals surface area contributed by atoms with Gasteiger partial charge in [-0.15, -0.1) is 11.8 Å². The van der Waals surface area contributed by atoms with Gasteiger partial charge < -0.3 is 15.2 Å². The Balaban J connectivity index is 2.25. The van der Waals surface area contributed by atoms with Crippen LogP contribution in [0.5, 0.6) is 11.5 Å². The molecule has 0 heterocycles. The molecule has 0 saturated carbocycles. The smallest absolute Gasteiger partial charge is 0.337 e. The van der Waals surface area contributed by atoms with Crippen LogP contribution in [0.2, 0.25) is 0 Å². The summed E-state index contributed by atoms with van der Waals surface area (Å²) in [4.78, 5) is 12.6. The molecule has 4 nitrogen and oxygen atoms in total. The van der Waals surface area contributed by atoms with E-state index in [4.69, 9.17) is 10.5 Å². The van der Waals surface area contributed by atoms with Crippen LogP contribution < -0.4 is 10.5 Å². The first-order chi connectivity index (χ1) is 9.63. The first-order valence-electron chi connectivity index (χ1n) is 5.94. The molecule has 0 fully saturated rings. The zero-order chi connectivity index (χ0) is 14.5. The van der Waals surface area contributed by atoms with Crippen molar-refractivity contribution in [1.82, 2.24) is 0 Å². The predicted molar refractivity (Wildman–Crippen MR) is 80.5 cm³/mol. The highest BCUT2D eigenvalue weighted by atomic mass is 32.2. The van der Waals surface area contributed by atoms with E-state index in [2.05, 4.69) is 4.74 Å². The molecule has 0 saturated heterocycles. The summed E-state index contributed by atoms with van der Waals surface area (Å²) in [5, 5.41) is 0. The molecule has 2 aromatic carbocycles. The number of nitrogen functional groups attached to an aromatic ring is 1. The zero-order valence-corrected chi connectivity index (χ0v) is 12.1. The SMILES string of the molecule is COC(=O)c1ccc(N)c(Oc2ccc(SC)cc2)c1. The molecule has 0 unspecified atom stereocenters. The van der Waals surface area contributed by atoms with Gasteiger partial charge in [-0.1, -0.05) is 0 Å². The molecule has 2 N–H and O–H groups in total. The minimum atomic E-state index is -0.424. The maximum Gasteiger partial charge on any atom is 0.337 e. The zero-order valence-electron chi connectivity index (χ0n) is 11.3. The number of carbonyl (C=O) groups is 1. The third kappa shape index (κ3) is 3.24. The van der Waals surface area contributed by atoms with E-state index in [1.54, 1.807) is 30.0 Å². The monoisotopic (exact) mass is 289 g/mol. The van der Waals surface area contributed by atoms with Crippen molar-refractivity contribution in [1.29, 1.82) is 0 Å². The second-order valence-electron chi connectivity index (χ2n) is 4.02. The summed E-state index contributed by atoms with van der Waals surface area (Å²) < 4.78 is 10.4. The average Bonchev–Trinajstić information content (AvgIpc) is 2.49. The van der Waals surface area contributed by atoms with Gasteiger partial charge in [-0.3, -0.25) is 0 Å². The van der Waals surface area contributed by atoms with Gasteiger partial charge in [-0.05, 0) is 48.7 Å². The van der Waals surface area contributed by atoms with Crippen molar-refractivity contribution in [3.05, 3.63) is 48.0 Å². The summed E-state index contributed by atoms with van der Waals surface area (Å²) in [6.07, 6.45) is 2.01. The van der Waals surface area contributed by atoms with Crippen LogP contribution in [-0.2, 0) is 4.74 Å². The molecular weight excluding hydrogens is 274 g/mol. The lowest BCUT2D eigenvalue weighted by Gasteiger charge is -2.10. The number of thioether (sulfide) groups is 1. The molecule has 2 aromatic rings. The van der Waals surface area contributed by atoms with E-state index in [1.165, 1.54) is 7.11 Å². The normalized spacial score (nSPS) is 10.1. The Morgan fingerprint density at radius 3 is 2.45 bits per heavy atom. The first kappa shape index (κ1) is 14.3. The Kier molecular flexibility index (Phi) is 4.53. The van der Waals surface area contributed by atoms with Gasteiger partial charge in [0.2, 0.25) is 0 Å². The fourth-order valence-corrected chi connectivity index (χ4v) is 2.05. The van der Waals surface area contributed by atoms with Gasteiger partial charge in [0.1, 0.15) is 5.75 Å². The van der Waals surface area contributed by atoms with Gasteiger partial charge in [0.15, 0.2) is 5.75 Å². The van der Waals surface area contributed by atoms with E-state index in [-0.39, 0.29) is 0 Å². The third-order valence-corrected chi connectivity index (χ3v) is 3.47. The lowest BCUT2D eigenvalue weighted by molar-refractivity contribution is 0.0600. The third-order valence-electron chi connectivity index (χ3n) is 2.72. The number of carbonyl (C=O) groups excluding carboxylic acids is 1. The molecule has 0 aliphatic heterocycles. The molecule has 0 aliphatic carbocycles. The van der Waals surface area contributed by atoms with Gasteiger partial charge in [-0.2, -0.15) is 0 Å². The Morgan fingerprint density at radius 1 is 1.15 bits per heavy atom. The first-order valence-corrected chi connectivity index (χ1v) is 7.16. The number of benzene rings is 2. The van der Waals surface area contributed by atoms with Crippen molar-refractivity contribution >= 4 is 23.4 Å². The largest absolute Gasteiger partial charge is 0.465 e. The fourth-order valence-electron chi connectivity index (χ4n) is 1.64. The number of nitrogens with two attached hydrogens (primary N) is 1. The van der Waals surface area contributed by atoms with E-state index in [0.717, 1.165) is 4.90 Å². The minimum Gasteiger partial charge on any atom is -0.465 e. The van der Waals surface area contributed by atoms with Crippen molar-refractivity contribution in [2.75, 3.05) is 19.1 Å². The molecule has 0 aliphatic rings. The van der Waals surface area contributed by atoms with Crippen molar-refractivity contribution < 1.29 is 14.3 Å². The standard InChI is InChI=1S/C15H15NO3S/c1-18-15(17)10-3-8-13(16)14(9-10)19-11-4-6-12(20-2)7-5-11/h3-9H,16H2,1-2H3. The molecular formula is C15H15NO3S. The highest BCUT2D eigenvalue weighted by Gasteiger charge is 2.10. The number of hydrogen-bond acceptors (Lipinski definition) is 5. The Labute approximate surface area is 121 Å². The van der Waals surface area contributed by atoms with Crippen LogP contribution in [0.15, 0.2) is 47.4 Å². The van der Waals surface area contributed by atoms with E-state index in [0.29, 0.717) is 22.7 Å². The number of methoxy groups -OCH3 is 1. The Morgan fingerprint density at radius 2 is 1.85 bits per heavy atom.